The van der Waals surface area contributed by atoms with E-state index in [1.54, 1.807) is 18.6 Å². The highest BCUT2D eigenvalue weighted by Crippen LogP contribution is 2.48. The SMILES string of the molecule is ClC(Cl)(Cl)n1ccc(C2(c3ccc(-c4cncnc4)nc3)CCC2)n1. The molecule has 5 nitrogen and oxygen atoms in total. The van der Waals surface area contributed by atoms with Gasteiger partial charge in [-0.3, -0.25) is 4.98 Å². The van der Waals surface area contributed by atoms with Gasteiger partial charge in [-0.1, -0.05) is 47.3 Å². The minimum Gasteiger partial charge on any atom is -0.256 e. The molecule has 4 rings (SSSR count). The number of rotatable bonds is 3. The van der Waals surface area contributed by atoms with Crippen molar-refractivity contribution in [2.24, 2.45) is 0 Å². The Morgan fingerprint density at radius 1 is 1.00 bits per heavy atom. The van der Waals surface area contributed by atoms with Gasteiger partial charge in [-0.05, 0) is 30.5 Å². The van der Waals surface area contributed by atoms with E-state index in [4.69, 9.17) is 34.8 Å². The van der Waals surface area contributed by atoms with Crippen molar-refractivity contribution < 1.29 is 0 Å². The minimum absolute atomic E-state index is 0.167. The number of alkyl halides is 3. The van der Waals surface area contributed by atoms with Crippen LogP contribution in [0.1, 0.15) is 30.5 Å². The predicted octanol–water partition coefficient (Wildman–Crippen LogP) is 4.49. The van der Waals surface area contributed by atoms with E-state index in [9.17, 15) is 0 Å². The van der Waals surface area contributed by atoms with E-state index in [0.717, 1.165) is 41.8 Å². The van der Waals surface area contributed by atoms with Gasteiger partial charge in [0.05, 0.1) is 11.4 Å². The average molecular weight is 395 g/mol. The summed E-state index contributed by atoms with van der Waals surface area (Å²) in [6.45, 7) is 0. The third-order valence-corrected chi connectivity index (χ3v) is 5.24. The molecule has 0 bridgehead atoms. The molecule has 0 N–H and O–H groups in total. The Hall–Kier alpha value is -1.69. The number of nitrogens with zero attached hydrogens (tertiary/aromatic N) is 5. The van der Waals surface area contributed by atoms with E-state index < -0.39 is 3.92 Å². The first-order valence-corrected chi connectivity index (χ1v) is 8.98. The van der Waals surface area contributed by atoms with E-state index in [1.165, 1.54) is 11.0 Å². The van der Waals surface area contributed by atoms with Crippen molar-refractivity contribution in [1.82, 2.24) is 24.7 Å². The summed E-state index contributed by atoms with van der Waals surface area (Å²) in [5.74, 6) is 0. The molecule has 0 unspecified atom stereocenters. The Bertz CT molecular complexity index is 867. The fourth-order valence-electron chi connectivity index (χ4n) is 3.22. The van der Waals surface area contributed by atoms with Crippen LogP contribution in [-0.2, 0) is 9.33 Å². The lowest BCUT2D eigenvalue weighted by molar-refractivity contribution is 0.290. The van der Waals surface area contributed by atoms with Crippen LogP contribution < -0.4 is 0 Å². The Kier molecular flexibility index (Phi) is 4.18. The molecule has 1 aliphatic carbocycles. The summed E-state index contributed by atoms with van der Waals surface area (Å²) in [6, 6.07) is 5.99. The molecule has 3 aromatic rings. The molecule has 3 heterocycles. The van der Waals surface area contributed by atoms with Crippen LogP contribution in [0.2, 0.25) is 0 Å². The molecule has 0 saturated heterocycles. The first-order chi connectivity index (χ1) is 12.0. The summed E-state index contributed by atoms with van der Waals surface area (Å²) in [5.41, 5.74) is 3.58. The van der Waals surface area contributed by atoms with Crippen molar-refractivity contribution in [2.75, 3.05) is 0 Å². The predicted molar refractivity (Wildman–Crippen MR) is 97.7 cm³/mol. The van der Waals surface area contributed by atoms with E-state index in [-0.39, 0.29) is 5.41 Å². The zero-order valence-corrected chi connectivity index (χ0v) is 15.4. The molecule has 1 saturated carbocycles. The van der Waals surface area contributed by atoms with Crippen LogP contribution in [0.25, 0.3) is 11.3 Å². The molecule has 1 fully saturated rings. The van der Waals surface area contributed by atoms with Crippen LogP contribution in [0.4, 0.5) is 0 Å². The monoisotopic (exact) mass is 393 g/mol. The van der Waals surface area contributed by atoms with Gasteiger partial charge in [-0.2, -0.15) is 5.10 Å². The summed E-state index contributed by atoms with van der Waals surface area (Å²) in [4.78, 5) is 12.6. The third kappa shape index (κ3) is 3.01. The van der Waals surface area contributed by atoms with Gasteiger partial charge in [0.15, 0.2) is 0 Å². The summed E-state index contributed by atoms with van der Waals surface area (Å²) in [7, 11) is 0. The van der Waals surface area contributed by atoms with Crippen LogP contribution >= 0.6 is 34.8 Å². The molecule has 1 aliphatic rings. The highest BCUT2D eigenvalue weighted by Gasteiger charge is 2.43. The van der Waals surface area contributed by atoms with Gasteiger partial charge in [0.25, 0.3) is 3.92 Å². The maximum atomic E-state index is 5.92. The molecule has 8 heteroatoms. The second-order valence-electron chi connectivity index (χ2n) is 6.11. The van der Waals surface area contributed by atoms with E-state index in [0.29, 0.717) is 0 Å². The van der Waals surface area contributed by atoms with Crippen LogP contribution in [0.5, 0.6) is 0 Å². The van der Waals surface area contributed by atoms with Crippen molar-refractivity contribution in [3.63, 3.8) is 0 Å². The summed E-state index contributed by atoms with van der Waals surface area (Å²) in [5, 5.41) is 4.51. The molecular formula is C17H14Cl3N5. The van der Waals surface area contributed by atoms with E-state index >= 15 is 0 Å². The number of pyridine rings is 1. The number of halogens is 3. The summed E-state index contributed by atoms with van der Waals surface area (Å²) < 4.78 is -0.227. The lowest BCUT2D eigenvalue weighted by atomic mass is 9.63. The quantitative estimate of drug-likeness (QED) is 0.614. The van der Waals surface area contributed by atoms with Crippen molar-refractivity contribution in [1.29, 1.82) is 0 Å². The molecular weight excluding hydrogens is 381 g/mol. The fraction of sp³-hybridized carbons (Fsp3) is 0.294. The van der Waals surface area contributed by atoms with Crippen LogP contribution in [0, 0.1) is 0 Å². The molecule has 0 radical (unpaired) electrons. The topological polar surface area (TPSA) is 56.5 Å². The van der Waals surface area contributed by atoms with Crippen molar-refractivity contribution in [3.05, 3.63) is 60.6 Å². The average Bonchev–Trinajstić information content (AvgIpc) is 3.06. The number of hydrogen-bond donors (Lipinski definition) is 0. The molecule has 0 atom stereocenters. The van der Waals surface area contributed by atoms with Crippen LogP contribution in [-0.4, -0.2) is 24.7 Å². The van der Waals surface area contributed by atoms with Gasteiger partial charge >= 0.3 is 0 Å². The first-order valence-electron chi connectivity index (χ1n) is 7.84. The Morgan fingerprint density at radius 3 is 2.28 bits per heavy atom. The van der Waals surface area contributed by atoms with E-state index in [2.05, 4.69) is 26.1 Å². The Morgan fingerprint density at radius 2 is 1.76 bits per heavy atom. The number of aromatic nitrogens is 5. The molecule has 0 aliphatic heterocycles. The molecule has 128 valence electrons. The highest BCUT2D eigenvalue weighted by molar-refractivity contribution is 6.64. The molecule has 25 heavy (non-hydrogen) atoms. The minimum atomic E-state index is -1.58. The summed E-state index contributed by atoms with van der Waals surface area (Å²) in [6.07, 6.45) is 11.7. The smallest absolute Gasteiger partial charge is 0.256 e. The second-order valence-corrected chi connectivity index (χ2v) is 8.33. The summed E-state index contributed by atoms with van der Waals surface area (Å²) >= 11 is 17.8. The van der Waals surface area contributed by atoms with Gasteiger partial charge in [-0.25, -0.2) is 14.6 Å². The first kappa shape index (κ1) is 16.8. The normalized spacial score (nSPS) is 16.4. The lowest BCUT2D eigenvalue weighted by Crippen LogP contribution is -2.36. The van der Waals surface area contributed by atoms with Crippen LogP contribution in [0.3, 0.4) is 0 Å². The van der Waals surface area contributed by atoms with Crippen molar-refractivity contribution in [3.8, 4) is 11.3 Å². The number of hydrogen-bond acceptors (Lipinski definition) is 4. The maximum Gasteiger partial charge on any atom is 0.286 e. The fourth-order valence-corrected chi connectivity index (χ4v) is 3.50. The molecule has 0 spiro atoms. The maximum absolute atomic E-state index is 5.92. The zero-order chi connectivity index (χ0) is 17.5. The molecule has 3 aromatic heterocycles. The highest BCUT2D eigenvalue weighted by atomic mass is 35.6. The van der Waals surface area contributed by atoms with Gasteiger partial charge in [0.2, 0.25) is 0 Å². The standard InChI is InChI=1S/C17H14Cl3N5/c18-17(19,20)25-7-4-15(24-25)16(5-1-6-16)13-2-3-14(23-10-13)12-8-21-11-22-9-12/h2-4,7-11H,1,5-6H2. The van der Waals surface area contributed by atoms with Gasteiger partial charge in [0, 0.05) is 35.8 Å². The molecule has 0 aromatic carbocycles. The van der Waals surface area contributed by atoms with Crippen molar-refractivity contribution >= 4 is 34.8 Å². The van der Waals surface area contributed by atoms with Gasteiger partial charge in [-0.15, -0.1) is 0 Å². The Balaban J connectivity index is 1.68. The zero-order valence-electron chi connectivity index (χ0n) is 13.1. The van der Waals surface area contributed by atoms with Crippen molar-refractivity contribution in [2.45, 2.75) is 28.6 Å². The van der Waals surface area contributed by atoms with E-state index in [1.807, 2.05) is 18.3 Å². The Labute approximate surface area is 160 Å². The van der Waals surface area contributed by atoms with Crippen LogP contribution in [0.15, 0.2) is 49.3 Å². The van der Waals surface area contributed by atoms with Gasteiger partial charge in [0.1, 0.15) is 6.33 Å². The largest absolute Gasteiger partial charge is 0.286 e. The molecule has 0 amide bonds. The second kappa shape index (κ2) is 6.24. The lowest BCUT2D eigenvalue weighted by Gasteiger charge is -2.41. The third-order valence-electron chi connectivity index (χ3n) is 4.72. The van der Waals surface area contributed by atoms with Gasteiger partial charge < -0.3 is 0 Å².